The number of nitrogens with one attached hydrogen (secondary N) is 1. The van der Waals surface area contributed by atoms with Crippen molar-refractivity contribution in [2.24, 2.45) is 0 Å². The maximum absolute atomic E-state index is 12.3. The van der Waals surface area contributed by atoms with Crippen molar-refractivity contribution >= 4 is 46.1 Å². The largest absolute Gasteiger partial charge is 0.322 e. The highest BCUT2D eigenvalue weighted by molar-refractivity contribution is 7.11. The van der Waals surface area contributed by atoms with E-state index in [9.17, 15) is 4.79 Å². The highest BCUT2D eigenvalue weighted by atomic mass is 35.5. The zero-order valence-corrected chi connectivity index (χ0v) is 15.4. The number of hydrogen-bond acceptors (Lipinski definition) is 3. The summed E-state index contributed by atoms with van der Waals surface area (Å²) >= 11 is 13.5. The fraction of sp³-hybridized carbons (Fsp3) is 0.111. The summed E-state index contributed by atoms with van der Waals surface area (Å²) in [6, 6.07) is 12.4. The lowest BCUT2D eigenvalue weighted by atomic mass is 10.1. The van der Waals surface area contributed by atoms with E-state index in [1.54, 1.807) is 41.7 Å². The Morgan fingerprint density at radius 1 is 1.04 bits per heavy atom. The zero-order chi connectivity index (χ0) is 17.3. The normalized spacial score (nSPS) is 10.7. The van der Waals surface area contributed by atoms with Gasteiger partial charge in [0.15, 0.2) is 0 Å². The molecule has 0 aliphatic carbocycles. The number of amides is 1. The molecule has 0 atom stereocenters. The van der Waals surface area contributed by atoms with Crippen LogP contribution >= 0.6 is 34.5 Å². The number of carbonyl (C=O) groups excluding carboxylic acids is 1. The number of hydrogen-bond donors (Lipinski definition) is 1. The summed E-state index contributed by atoms with van der Waals surface area (Å²) in [4.78, 5) is 18.0. The molecule has 24 heavy (non-hydrogen) atoms. The van der Waals surface area contributed by atoms with Gasteiger partial charge in [-0.25, -0.2) is 4.98 Å². The number of anilines is 1. The monoisotopic (exact) mass is 376 g/mol. The highest BCUT2D eigenvalue weighted by Crippen LogP contribution is 2.28. The predicted octanol–water partition coefficient (Wildman–Crippen LogP) is 5.99. The molecule has 0 saturated heterocycles. The van der Waals surface area contributed by atoms with Gasteiger partial charge in [0.25, 0.3) is 5.91 Å². The average Bonchev–Trinajstić information content (AvgIpc) is 2.89. The van der Waals surface area contributed by atoms with Crippen LogP contribution in [-0.4, -0.2) is 10.9 Å². The molecule has 122 valence electrons. The number of aryl methyl sites for hydroxylation is 2. The number of rotatable bonds is 3. The first-order valence-electron chi connectivity index (χ1n) is 7.25. The molecule has 0 radical (unpaired) electrons. The van der Waals surface area contributed by atoms with Crippen molar-refractivity contribution in [1.82, 2.24) is 4.98 Å². The Hall–Kier alpha value is -1.88. The molecular formula is C18H14Cl2N2OS. The summed E-state index contributed by atoms with van der Waals surface area (Å²) in [6.45, 7) is 4.03. The minimum Gasteiger partial charge on any atom is -0.322 e. The van der Waals surface area contributed by atoms with E-state index in [2.05, 4.69) is 10.3 Å². The van der Waals surface area contributed by atoms with Crippen molar-refractivity contribution in [3.63, 3.8) is 0 Å². The molecule has 6 heteroatoms. The second kappa shape index (κ2) is 6.93. The lowest BCUT2D eigenvalue weighted by molar-refractivity contribution is 0.102. The van der Waals surface area contributed by atoms with Gasteiger partial charge < -0.3 is 5.32 Å². The van der Waals surface area contributed by atoms with Gasteiger partial charge >= 0.3 is 0 Å². The van der Waals surface area contributed by atoms with Gasteiger partial charge in [0.05, 0.1) is 20.7 Å². The van der Waals surface area contributed by atoms with Crippen LogP contribution in [0.2, 0.25) is 10.0 Å². The Morgan fingerprint density at radius 2 is 1.75 bits per heavy atom. The lowest BCUT2D eigenvalue weighted by Gasteiger charge is -2.07. The second-order valence-corrected chi connectivity index (χ2v) is 7.52. The quantitative estimate of drug-likeness (QED) is 0.610. The second-order valence-electron chi connectivity index (χ2n) is 5.30. The van der Waals surface area contributed by atoms with E-state index in [-0.39, 0.29) is 5.91 Å². The van der Waals surface area contributed by atoms with Crippen molar-refractivity contribution in [2.45, 2.75) is 13.8 Å². The first-order chi connectivity index (χ1) is 11.4. The van der Waals surface area contributed by atoms with Crippen molar-refractivity contribution < 1.29 is 4.79 Å². The molecule has 3 nitrogen and oxygen atoms in total. The first-order valence-corrected chi connectivity index (χ1v) is 8.82. The fourth-order valence-corrected chi connectivity index (χ4v) is 3.49. The maximum atomic E-state index is 12.3. The molecule has 0 fully saturated rings. The Bertz CT molecular complexity index is 904. The molecular weight excluding hydrogens is 363 g/mol. The Morgan fingerprint density at radius 3 is 2.33 bits per heavy atom. The van der Waals surface area contributed by atoms with E-state index >= 15 is 0 Å². The van der Waals surface area contributed by atoms with Gasteiger partial charge in [-0.1, -0.05) is 35.3 Å². The highest BCUT2D eigenvalue weighted by Gasteiger charge is 2.10. The summed E-state index contributed by atoms with van der Waals surface area (Å²) in [6.07, 6.45) is 0. The van der Waals surface area contributed by atoms with Crippen LogP contribution in [0.15, 0.2) is 42.5 Å². The van der Waals surface area contributed by atoms with Gasteiger partial charge in [-0.05, 0) is 44.2 Å². The molecule has 3 rings (SSSR count). The number of thiazole rings is 1. The van der Waals surface area contributed by atoms with Gasteiger partial charge in [0, 0.05) is 21.7 Å². The summed E-state index contributed by atoms with van der Waals surface area (Å²) < 4.78 is 0. The molecule has 1 N–H and O–H groups in total. The smallest absolute Gasteiger partial charge is 0.255 e. The Kier molecular flexibility index (Phi) is 4.90. The molecule has 0 bridgehead atoms. The van der Waals surface area contributed by atoms with Crippen LogP contribution in [0.3, 0.4) is 0 Å². The van der Waals surface area contributed by atoms with Gasteiger partial charge in [-0.3, -0.25) is 4.79 Å². The number of nitrogens with zero attached hydrogens (tertiary/aromatic N) is 1. The van der Waals surface area contributed by atoms with Crippen molar-refractivity contribution in [3.8, 4) is 11.3 Å². The van der Waals surface area contributed by atoms with Gasteiger partial charge in [0.2, 0.25) is 0 Å². The number of benzene rings is 2. The molecule has 0 aliphatic rings. The topological polar surface area (TPSA) is 42.0 Å². The first kappa shape index (κ1) is 17.0. The molecule has 1 heterocycles. The van der Waals surface area contributed by atoms with Crippen molar-refractivity contribution in [3.05, 3.63) is 68.0 Å². The van der Waals surface area contributed by atoms with Crippen LogP contribution < -0.4 is 5.32 Å². The number of halogens is 2. The zero-order valence-electron chi connectivity index (χ0n) is 13.1. The van der Waals surface area contributed by atoms with Gasteiger partial charge in [-0.2, -0.15) is 0 Å². The summed E-state index contributed by atoms with van der Waals surface area (Å²) in [5.41, 5.74) is 3.13. The third-order valence-electron chi connectivity index (χ3n) is 3.50. The van der Waals surface area contributed by atoms with Gasteiger partial charge in [-0.15, -0.1) is 11.3 Å². The van der Waals surface area contributed by atoms with Crippen LogP contribution in [0, 0.1) is 13.8 Å². The van der Waals surface area contributed by atoms with Crippen LogP contribution in [0.4, 0.5) is 5.69 Å². The lowest BCUT2D eigenvalue weighted by Crippen LogP contribution is -2.11. The SMILES string of the molecule is Cc1nc(-c2ccc(C(=O)Nc3ccc(Cl)c(Cl)c3)cc2)c(C)s1. The molecule has 2 aromatic carbocycles. The molecule has 1 aromatic heterocycles. The maximum Gasteiger partial charge on any atom is 0.255 e. The number of carbonyl (C=O) groups is 1. The molecule has 0 aliphatic heterocycles. The van der Waals surface area contributed by atoms with Gasteiger partial charge in [0.1, 0.15) is 0 Å². The fourth-order valence-electron chi connectivity index (χ4n) is 2.35. The average molecular weight is 377 g/mol. The van der Waals surface area contributed by atoms with E-state index in [1.807, 2.05) is 26.0 Å². The van der Waals surface area contributed by atoms with Crippen molar-refractivity contribution in [1.29, 1.82) is 0 Å². The summed E-state index contributed by atoms with van der Waals surface area (Å²) in [5.74, 6) is -0.203. The number of aromatic nitrogens is 1. The Labute approximate surface area is 154 Å². The molecule has 0 spiro atoms. The van der Waals surface area contributed by atoms with E-state index in [4.69, 9.17) is 23.2 Å². The third-order valence-corrected chi connectivity index (χ3v) is 5.13. The van der Waals surface area contributed by atoms with E-state index in [1.165, 1.54) is 4.88 Å². The minimum atomic E-state index is -0.203. The van der Waals surface area contributed by atoms with Crippen LogP contribution in [0.5, 0.6) is 0 Å². The minimum absolute atomic E-state index is 0.203. The summed E-state index contributed by atoms with van der Waals surface area (Å²) in [7, 11) is 0. The standard InChI is InChI=1S/C18H14Cl2N2OS/c1-10-17(21-11(2)24-10)12-3-5-13(6-4-12)18(23)22-14-7-8-15(19)16(20)9-14/h3-9H,1-2H3,(H,22,23). The molecule has 1 amide bonds. The summed E-state index contributed by atoms with van der Waals surface area (Å²) in [5, 5.41) is 4.69. The molecule has 0 unspecified atom stereocenters. The van der Waals surface area contributed by atoms with Crippen LogP contribution in [-0.2, 0) is 0 Å². The van der Waals surface area contributed by atoms with Crippen molar-refractivity contribution in [2.75, 3.05) is 5.32 Å². The van der Waals surface area contributed by atoms with Crippen LogP contribution in [0.1, 0.15) is 20.2 Å². The van der Waals surface area contributed by atoms with E-state index in [0.29, 0.717) is 21.3 Å². The molecule has 3 aromatic rings. The van der Waals surface area contributed by atoms with E-state index < -0.39 is 0 Å². The molecule has 0 saturated carbocycles. The third kappa shape index (κ3) is 3.61. The Balaban J connectivity index is 1.78. The van der Waals surface area contributed by atoms with Crippen LogP contribution in [0.25, 0.3) is 11.3 Å². The van der Waals surface area contributed by atoms with E-state index in [0.717, 1.165) is 16.3 Å². The predicted molar refractivity (Wildman–Crippen MR) is 101 cm³/mol.